The Morgan fingerprint density at radius 1 is 0.973 bits per heavy atom. The highest BCUT2D eigenvalue weighted by molar-refractivity contribution is 6.31. The second-order valence-electron chi connectivity index (χ2n) is 8.46. The van der Waals surface area contributed by atoms with Crippen LogP contribution < -0.4 is 9.47 Å². The number of rotatable bonds is 7. The topological polar surface area (TPSA) is 89.2 Å². The number of furan rings is 1. The molecular formula is C28H21Cl2NO6. The van der Waals surface area contributed by atoms with E-state index in [1.807, 2.05) is 12.1 Å². The maximum absolute atomic E-state index is 13.8. The lowest BCUT2D eigenvalue weighted by atomic mass is 9.95. The van der Waals surface area contributed by atoms with Crippen LogP contribution in [-0.4, -0.2) is 35.9 Å². The normalized spacial score (nSPS) is 15.5. The van der Waals surface area contributed by atoms with Crippen LogP contribution in [-0.2, 0) is 11.3 Å². The van der Waals surface area contributed by atoms with Gasteiger partial charge in [-0.15, -0.1) is 0 Å². The van der Waals surface area contributed by atoms with Crippen LogP contribution in [0, 0.1) is 0 Å². The van der Waals surface area contributed by atoms with E-state index in [1.54, 1.807) is 55.6 Å². The fourth-order valence-corrected chi connectivity index (χ4v) is 4.79. The van der Waals surface area contributed by atoms with Gasteiger partial charge in [-0.2, -0.15) is 0 Å². The molecule has 3 aromatic carbocycles. The summed E-state index contributed by atoms with van der Waals surface area (Å²) in [5.41, 5.74) is 1.64. The van der Waals surface area contributed by atoms with Crippen LogP contribution in [0.1, 0.15) is 27.7 Å². The fourth-order valence-electron chi connectivity index (χ4n) is 4.45. The molecule has 0 aliphatic carbocycles. The monoisotopic (exact) mass is 537 g/mol. The molecule has 1 aliphatic heterocycles. The molecule has 188 valence electrons. The third kappa shape index (κ3) is 4.52. The molecule has 0 saturated heterocycles. The summed E-state index contributed by atoms with van der Waals surface area (Å²) >= 11 is 12.3. The van der Waals surface area contributed by atoms with E-state index >= 15 is 0 Å². The molecule has 0 saturated carbocycles. The summed E-state index contributed by atoms with van der Waals surface area (Å²) in [6, 6.07) is 17.8. The van der Waals surface area contributed by atoms with Gasteiger partial charge in [-0.3, -0.25) is 9.59 Å². The fraction of sp³-hybridized carbons (Fsp3) is 0.143. The van der Waals surface area contributed by atoms with E-state index in [4.69, 9.17) is 37.1 Å². The Morgan fingerprint density at radius 3 is 2.32 bits per heavy atom. The smallest absolute Gasteiger partial charge is 0.290 e. The van der Waals surface area contributed by atoms with Gasteiger partial charge < -0.3 is 23.9 Å². The first-order valence-corrected chi connectivity index (χ1v) is 12.0. The van der Waals surface area contributed by atoms with Crippen molar-refractivity contribution in [3.05, 3.63) is 105 Å². The van der Waals surface area contributed by atoms with Gasteiger partial charge in [0.25, 0.3) is 5.91 Å². The average molecular weight is 538 g/mol. The summed E-state index contributed by atoms with van der Waals surface area (Å²) in [5, 5.41) is 12.4. The molecule has 7 nitrogen and oxygen atoms in total. The number of amides is 1. The summed E-state index contributed by atoms with van der Waals surface area (Å²) in [6.45, 7) is 0.139. The number of ketones is 1. The van der Waals surface area contributed by atoms with Crippen LogP contribution in [0.25, 0.3) is 11.0 Å². The van der Waals surface area contributed by atoms with Crippen LogP contribution in [0.15, 0.2) is 82.5 Å². The van der Waals surface area contributed by atoms with E-state index in [0.717, 1.165) is 5.56 Å². The second kappa shape index (κ2) is 9.84. The minimum Gasteiger partial charge on any atom is -0.503 e. The molecule has 4 aromatic rings. The van der Waals surface area contributed by atoms with Crippen molar-refractivity contribution in [1.29, 1.82) is 0 Å². The molecule has 37 heavy (non-hydrogen) atoms. The van der Waals surface area contributed by atoms with Gasteiger partial charge in [-0.05, 0) is 47.5 Å². The number of nitrogens with zero attached hydrogens (tertiary/aromatic N) is 1. The average Bonchev–Trinajstić information content (AvgIpc) is 3.43. The van der Waals surface area contributed by atoms with Gasteiger partial charge in [-0.25, -0.2) is 0 Å². The Morgan fingerprint density at radius 2 is 1.68 bits per heavy atom. The Balaban J connectivity index is 1.58. The zero-order valence-corrected chi connectivity index (χ0v) is 21.3. The molecule has 1 unspecified atom stereocenters. The molecule has 0 bridgehead atoms. The van der Waals surface area contributed by atoms with Gasteiger partial charge in [0.15, 0.2) is 22.9 Å². The Hall–Kier alpha value is -3.94. The number of hydrogen-bond acceptors (Lipinski definition) is 6. The number of fused-ring (bicyclic) bond motifs is 1. The van der Waals surface area contributed by atoms with Crippen molar-refractivity contribution in [3.8, 4) is 11.5 Å². The number of carbonyl (C=O) groups excluding carboxylic acids is 2. The maximum atomic E-state index is 13.8. The number of aliphatic hydroxyl groups excluding tert-OH is 1. The highest BCUT2D eigenvalue weighted by Gasteiger charge is 2.44. The lowest BCUT2D eigenvalue weighted by molar-refractivity contribution is -0.130. The SMILES string of the molecule is COc1ccc(CN2C(=O)C(O)=C(C(=O)c3cc4cc(Cl)cc(OC)c4o3)C2c2ccc(Cl)cc2)cc1. The number of halogens is 2. The number of ether oxygens (including phenoxy) is 2. The highest BCUT2D eigenvalue weighted by atomic mass is 35.5. The van der Waals surface area contributed by atoms with E-state index in [9.17, 15) is 14.7 Å². The van der Waals surface area contributed by atoms with Crippen molar-refractivity contribution < 1.29 is 28.6 Å². The number of carbonyl (C=O) groups is 2. The maximum Gasteiger partial charge on any atom is 0.290 e. The molecule has 2 heterocycles. The van der Waals surface area contributed by atoms with E-state index in [-0.39, 0.29) is 17.9 Å². The largest absolute Gasteiger partial charge is 0.503 e. The van der Waals surface area contributed by atoms with Crippen LogP contribution in [0.3, 0.4) is 0 Å². The van der Waals surface area contributed by atoms with E-state index < -0.39 is 23.5 Å². The lowest BCUT2D eigenvalue weighted by Gasteiger charge is -2.27. The van der Waals surface area contributed by atoms with Gasteiger partial charge in [0.05, 0.1) is 25.8 Å². The van der Waals surface area contributed by atoms with Crippen molar-refractivity contribution in [2.24, 2.45) is 0 Å². The summed E-state index contributed by atoms with van der Waals surface area (Å²) in [5.74, 6) is -0.965. The van der Waals surface area contributed by atoms with Gasteiger partial charge >= 0.3 is 0 Å². The van der Waals surface area contributed by atoms with E-state index in [1.165, 1.54) is 18.1 Å². The van der Waals surface area contributed by atoms with Crippen LogP contribution in [0.2, 0.25) is 10.0 Å². The Labute approximate surface area is 222 Å². The van der Waals surface area contributed by atoms with Gasteiger partial charge in [0.1, 0.15) is 5.75 Å². The first-order chi connectivity index (χ1) is 17.8. The Bertz CT molecular complexity index is 1540. The van der Waals surface area contributed by atoms with Crippen molar-refractivity contribution in [1.82, 2.24) is 4.90 Å². The molecule has 9 heteroatoms. The Kier molecular flexibility index (Phi) is 6.58. The van der Waals surface area contributed by atoms with Crippen LogP contribution in [0.4, 0.5) is 0 Å². The molecule has 1 atom stereocenters. The molecule has 0 fully saturated rings. The first kappa shape index (κ1) is 24.7. The number of methoxy groups -OCH3 is 2. The predicted octanol–water partition coefficient (Wildman–Crippen LogP) is 6.54. The van der Waals surface area contributed by atoms with E-state index in [2.05, 4.69) is 0 Å². The molecule has 1 aromatic heterocycles. The third-order valence-corrected chi connectivity index (χ3v) is 6.71. The molecule has 1 amide bonds. The predicted molar refractivity (Wildman–Crippen MR) is 139 cm³/mol. The molecule has 5 rings (SSSR count). The zero-order valence-electron chi connectivity index (χ0n) is 19.8. The summed E-state index contributed by atoms with van der Waals surface area (Å²) in [4.78, 5) is 28.5. The molecule has 0 spiro atoms. The summed E-state index contributed by atoms with van der Waals surface area (Å²) in [6.07, 6.45) is 0. The van der Waals surface area contributed by atoms with Crippen LogP contribution >= 0.6 is 23.2 Å². The van der Waals surface area contributed by atoms with E-state index in [0.29, 0.717) is 38.1 Å². The molecule has 0 radical (unpaired) electrons. The minimum absolute atomic E-state index is 0.0600. The minimum atomic E-state index is -0.877. The summed E-state index contributed by atoms with van der Waals surface area (Å²) < 4.78 is 16.4. The molecular weight excluding hydrogens is 517 g/mol. The second-order valence-corrected chi connectivity index (χ2v) is 9.34. The van der Waals surface area contributed by atoms with Gasteiger partial charge in [0.2, 0.25) is 5.78 Å². The first-order valence-electron chi connectivity index (χ1n) is 11.2. The van der Waals surface area contributed by atoms with Crippen molar-refractivity contribution in [2.45, 2.75) is 12.6 Å². The number of hydrogen-bond donors (Lipinski definition) is 1. The van der Waals surface area contributed by atoms with Crippen molar-refractivity contribution in [2.75, 3.05) is 14.2 Å². The zero-order chi connectivity index (χ0) is 26.3. The number of benzene rings is 3. The highest BCUT2D eigenvalue weighted by Crippen LogP contribution is 2.41. The number of aliphatic hydroxyl groups is 1. The van der Waals surface area contributed by atoms with Gasteiger partial charge in [0, 0.05) is 28.0 Å². The standard InChI is InChI=1S/C28H21Cl2NO6/c1-35-20-9-3-15(4-10-20)14-31-24(16-5-7-18(29)8-6-16)23(26(33)28(31)34)25(32)21-12-17-11-19(30)13-22(36-2)27(17)37-21/h3-13,24,33H,14H2,1-2H3. The number of Topliss-reactive ketones (excluding diaryl/α,β-unsaturated/α-hetero) is 1. The molecule has 1 aliphatic rings. The van der Waals surface area contributed by atoms with Gasteiger partial charge in [-0.1, -0.05) is 47.5 Å². The van der Waals surface area contributed by atoms with Crippen molar-refractivity contribution >= 4 is 45.9 Å². The van der Waals surface area contributed by atoms with Crippen molar-refractivity contribution in [3.63, 3.8) is 0 Å². The lowest BCUT2D eigenvalue weighted by Crippen LogP contribution is -2.30. The quantitative estimate of drug-likeness (QED) is 0.269. The third-order valence-electron chi connectivity index (χ3n) is 6.24. The van der Waals surface area contributed by atoms with Crippen LogP contribution in [0.5, 0.6) is 11.5 Å². The molecule has 1 N–H and O–H groups in total. The summed E-state index contributed by atoms with van der Waals surface area (Å²) in [7, 11) is 3.03.